The second-order valence-corrected chi connectivity index (χ2v) is 6.70. The molecule has 0 saturated heterocycles. The van der Waals surface area contributed by atoms with Gasteiger partial charge in [0.15, 0.2) is 16.7 Å². The molecule has 1 aliphatic heterocycles. The van der Waals surface area contributed by atoms with E-state index in [0.717, 1.165) is 23.4 Å². The number of methoxy groups -OCH3 is 1. The highest BCUT2D eigenvalue weighted by Crippen LogP contribution is 2.36. The van der Waals surface area contributed by atoms with Crippen LogP contribution in [0.2, 0.25) is 0 Å². The standard InChI is InChI=1S/C17H20N4OS/c1-17(8-10-23-16(18)21-17)12-5-3-6-13(11-12)20-15-14(22-2)7-4-9-19-15/h3-7,9,11H,8,10H2,1-2H3,(H2,18,21)(H,19,20)/t17-/m0/s1. The molecule has 0 spiro atoms. The predicted octanol–water partition coefficient (Wildman–Crippen LogP) is 3.50. The summed E-state index contributed by atoms with van der Waals surface area (Å²) in [4.78, 5) is 8.98. The van der Waals surface area contributed by atoms with Gasteiger partial charge in [0, 0.05) is 17.6 Å². The first-order chi connectivity index (χ1) is 11.1. The quantitative estimate of drug-likeness (QED) is 0.898. The number of pyridine rings is 1. The first kappa shape index (κ1) is 15.7. The van der Waals surface area contributed by atoms with Crippen LogP contribution in [-0.4, -0.2) is 23.0 Å². The Morgan fingerprint density at radius 1 is 1.30 bits per heavy atom. The monoisotopic (exact) mass is 328 g/mol. The fraction of sp³-hybridized carbons (Fsp3) is 0.294. The van der Waals surface area contributed by atoms with E-state index in [2.05, 4.69) is 34.3 Å². The molecule has 6 heteroatoms. The van der Waals surface area contributed by atoms with Crippen molar-refractivity contribution in [1.29, 1.82) is 0 Å². The molecule has 5 nitrogen and oxygen atoms in total. The summed E-state index contributed by atoms with van der Waals surface area (Å²) >= 11 is 1.61. The Balaban J connectivity index is 1.90. The molecular formula is C17H20N4OS. The van der Waals surface area contributed by atoms with Crippen LogP contribution in [0.4, 0.5) is 11.5 Å². The highest BCUT2D eigenvalue weighted by Gasteiger charge is 2.29. The largest absolute Gasteiger partial charge is 0.493 e. The number of amidine groups is 1. The highest BCUT2D eigenvalue weighted by atomic mass is 32.2. The number of anilines is 2. The second-order valence-electron chi connectivity index (χ2n) is 5.58. The number of rotatable bonds is 4. The van der Waals surface area contributed by atoms with E-state index in [4.69, 9.17) is 10.5 Å². The van der Waals surface area contributed by atoms with Crippen LogP contribution in [0, 0.1) is 0 Å². The lowest BCUT2D eigenvalue weighted by atomic mass is 9.89. The van der Waals surface area contributed by atoms with E-state index in [-0.39, 0.29) is 5.54 Å². The van der Waals surface area contributed by atoms with E-state index in [1.807, 2.05) is 24.3 Å². The molecule has 0 radical (unpaired) electrons. The maximum atomic E-state index is 5.92. The third kappa shape index (κ3) is 3.42. The lowest BCUT2D eigenvalue weighted by Crippen LogP contribution is -2.28. The van der Waals surface area contributed by atoms with E-state index < -0.39 is 0 Å². The molecule has 2 aromatic rings. The lowest BCUT2D eigenvalue weighted by Gasteiger charge is -2.30. The number of hydrogen-bond acceptors (Lipinski definition) is 6. The van der Waals surface area contributed by atoms with Crippen molar-refractivity contribution in [2.45, 2.75) is 18.9 Å². The number of aromatic nitrogens is 1. The van der Waals surface area contributed by atoms with Crippen molar-refractivity contribution in [3.05, 3.63) is 48.2 Å². The second kappa shape index (κ2) is 6.50. The van der Waals surface area contributed by atoms with Gasteiger partial charge in [-0.25, -0.2) is 4.98 Å². The third-order valence-corrected chi connectivity index (χ3v) is 4.73. The van der Waals surface area contributed by atoms with Gasteiger partial charge in [-0.05, 0) is 43.2 Å². The SMILES string of the molecule is COc1cccnc1Nc1cccc([C@]2(C)CCSC(N)=N2)c1. The van der Waals surface area contributed by atoms with Crippen LogP contribution in [0.25, 0.3) is 0 Å². The molecule has 1 aliphatic rings. The molecule has 3 N–H and O–H groups in total. The van der Waals surface area contributed by atoms with Crippen molar-refractivity contribution in [2.75, 3.05) is 18.2 Å². The molecule has 0 bridgehead atoms. The molecular weight excluding hydrogens is 308 g/mol. The van der Waals surface area contributed by atoms with Gasteiger partial charge in [-0.3, -0.25) is 4.99 Å². The smallest absolute Gasteiger partial charge is 0.173 e. The topological polar surface area (TPSA) is 72.5 Å². The Kier molecular flexibility index (Phi) is 4.43. The average molecular weight is 328 g/mol. The fourth-order valence-electron chi connectivity index (χ4n) is 2.61. The Morgan fingerprint density at radius 2 is 2.17 bits per heavy atom. The maximum absolute atomic E-state index is 5.92. The van der Waals surface area contributed by atoms with E-state index in [1.54, 1.807) is 25.1 Å². The van der Waals surface area contributed by atoms with Gasteiger partial charge in [0.05, 0.1) is 12.6 Å². The summed E-state index contributed by atoms with van der Waals surface area (Å²) < 4.78 is 5.33. The van der Waals surface area contributed by atoms with Gasteiger partial charge >= 0.3 is 0 Å². The van der Waals surface area contributed by atoms with Crippen molar-refractivity contribution >= 4 is 28.4 Å². The van der Waals surface area contributed by atoms with Crippen LogP contribution >= 0.6 is 11.8 Å². The van der Waals surface area contributed by atoms with Gasteiger partial charge < -0.3 is 15.8 Å². The molecule has 1 aromatic carbocycles. The van der Waals surface area contributed by atoms with Crippen molar-refractivity contribution in [1.82, 2.24) is 4.98 Å². The summed E-state index contributed by atoms with van der Waals surface area (Å²) in [5.74, 6) is 2.39. The molecule has 0 saturated carbocycles. The van der Waals surface area contributed by atoms with E-state index >= 15 is 0 Å². The molecule has 0 unspecified atom stereocenters. The van der Waals surface area contributed by atoms with Crippen LogP contribution in [0.1, 0.15) is 18.9 Å². The predicted molar refractivity (Wildman–Crippen MR) is 96.6 cm³/mol. The number of nitrogens with zero attached hydrogens (tertiary/aromatic N) is 2. The number of benzene rings is 1. The Bertz CT molecular complexity index is 734. The minimum atomic E-state index is -0.277. The zero-order valence-corrected chi connectivity index (χ0v) is 14.1. The minimum Gasteiger partial charge on any atom is -0.493 e. The molecule has 0 fully saturated rings. The molecule has 120 valence electrons. The van der Waals surface area contributed by atoms with Crippen LogP contribution in [0.5, 0.6) is 5.75 Å². The van der Waals surface area contributed by atoms with Crippen LogP contribution in [0.3, 0.4) is 0 Å². The number of nitrogens with one attached hydrogen (secondary N) is 1. The first-order valence-electron chi connectivity index (χ1n) is 7.45. The number of nitrogens with two attached hydrogens (primary N) is 1. The van der Waals surface area contributed by atoms with E-state index in [9.17, 15) is 0 Å². The molecule has 0 amide bonds. The fourth-order valence-corrected chi connectivity index (χ4v) is 3.59. The third-order valence-electron chi connectivity index (χ3n) is 3.93. The number of thioether (sulfide) groups is 1. The molecule has 2 heterocycles. The zero-order chi connectivity index (χ0) is 16.3. The number of hydrogen-bond donors (Lipinski definition) is 2. The summed E-state index contributed by atoms with van der Waals surface area (Å²) in [6.07, 6.45) is 2.70. The van der Waals surface area contributed by atoms with Gasteiger partial charge in [0.1, 0.15) is 0 Å². The highest BCUT2D eigenvalue weighted by molar-refractivity contribution is 8.13. The summed E-state index contributed by atoms with van der Waals surface area (Å²) in [6, 6.07) is 11.9. The van der Waals surface area contributed by atoms with Crippen LogP contribution in [-0.2, 0) is 5.54 Å². The van der Waals surface area contributed by atoms with Gasteiger partial charge in [-0.2, -0.15) is 0 Å². The van der Waals surface area contributed by atoms with Crippen molar-refractivity contribution in [3.63, 3.8) is 0 Å². The normalized spacial score (nSPS) is 20.7. The Morgan fingerprint density at radius 3 is 2.96 bits per heavy atom. The molecule has 1 atom stereocenters. The van der Waals surface area contributed by atoms with Crippen LogP contribution in [0.15, 0.2) is 47.6 Å². The summed E-state index contributed by atoms with van der Waals surface area (Å²) in [5.41, 5.74) is 7.73. The summed E-state index contributed by atoms with van der Waals surface area (Å²) in [5, 5.41) is 3.97. The van der Waals surface area contributed by atoms with Crippen molar-refractivity contribution in [2.24, 2.45) is 10.7 Å². The van der Waals surface area contributed by atoms with Gasteiger partial charge in [-0.1, -0.05) is 23.9 Å². The van der Waals surface area contributed by atoms with Crippen LogP contribution < -0.4 is 15.8 Å². The van der Waals surface area contributed by atoms with Crippen molar-refractivity contribution in [3.8, 4) is 5.75 Å². The number of ether oxygens (including phenoxy) is 1. The molecule has 23 heavy (non-hydrogen) atoms. The van der Waals surface area contributed by atoms with Gasteiger partial charge in [0.2, 0.25) is 0 Å². The molecule has 3 rings (SSSR count). The lowest BCUT2D eigenvalue weighted by molar-refractivity contribution is 0.415. The molecule has 0 aliphatic carbocycles. The number of aliphatic imine (C=N–C) groups is 1. The van der Waals surface area contributed by atoms with Gasteiger partial charge in [0.25, 0.3) is 0 Å². The minimum absolute atomic E-state index is 0.277. The average Bonchev–Trinajstić information content (AvgIpc) is 2.55. The summed E-state index contributed by atoms with van der Waals surface area (Å²) in [7, 11) is 1.64. The Labute approximate surface area is 140 Å². The summed E-state index contributed by atoms with van der Waals surface area (Å²) in [6.45, 7) is 2.13. The maximum Gasteiger partial charge on any atom is 0.173 e. The first-order valence-corrected chi connectivity index (χ1v) is 8.44. The van der Waals surface area contributed by atoms with E-state index in [1.165, 1.54) is 0 Å². The van der Waals surface area contributed by atoms with Crippen molar-refractivity contribution < 1.29 is 4.74 Å². The zero-order valence-electron chi connectivity index (χ0n) is 13.2. The Hall–Kier alpha value is -2.21. The van der Waals surface area contributed by atoms with E-state index in [0.29, 0.717) is 16.7 Å². The van der Waals surface area contributed by atoms with Gasteiger partial charge in [-0.15, -0.1) is 0 Å². The molecule has 1 aromatic heterocycles.